The third-order valence-electron chi connectivity index (χ3n) is 12.6. The molecule has 9 aromatic carbocycles. The zero-order valence-electron chi connectivity index (χ0n) is 35.7. The van der Waals surface area contributed by atoms with Gasteiger partial charge in [-0.05, 0) is 12.1 Å². The van der Waals surface area contributed by atoms with Crippen LogP contribution >= 0.6 is 0 Å². The molecule has 4 aromatic heterocycles. The number of hydrogen-bond acceptors (Lipinski definition) is 3. The number of benzene rings is 9. The number of para-hydroxylation sites is 6. The predicted octanol–water partition coefficient (Wildman–Crippen LogP) is 15.3. The molecule has 67 heavy (non-hydrogen) atoms. The van der Waals surface area contributed by atoms with Crippen molar-refractivity contribution in [2.75, 3.05) is 0 Å². The average Bonchev–Trinajstić information content (AvgIpc) is 4.03. The summed E-state index contributed by atoms with van der Waals surface area (Å²) in [6.07, 6.45) is 1.93. The van der Waals surface area contributed by atoms with E-state index in [1.807, 2.05) is 42.6 Å². The molecule has 0 aliphatic heterocycles. The van der Waals surface area contributed by atoms with Crippen molar-refractivity contribution in [2.24, 2.45) is 0 Å². The summed E-state index contributed by atoms with van der Waals surface area (Å²) < 4.78 is 20.9. The molecule has 13 rings (SSSR count). The Morgan fingerprint density at radius 2 is 1.04 bits per heavy atom. The molecule has 320 valence electrons. The van der Waals surface area contributed by atoms with Crippen molar-refractivity contribution in [3.63, 3.8) is 0 Å². The first-order chi connectivity index (χ1) is 33.2. The van der Waals surface area contributed by atoms with E-state index < -0.39 is 0 Å². The summed E-state index contributed by atoms with van der Waals surface area (Å²) >= 11 is 2.47. The van der Waals surface area contributed by atoms with Gasteiger partial charge >= 0.3 is 294 Å². The number of imidazole rings is 1. The first-order valence-electron chi connectivity index (χ1n) is 22.1. The van der Waals surface area contributed by atoms with Gasteiger partial charge in [0, 0.05) is 28.1 Å². The van der Waals surface area contributed by atoms with Crippen molar-refractivity contribution < 1.29 is 28.5 Å². The van der Waals surface area contributed by atoms with Crippen molar-refractivity contribution in [2.45, 2.75) is 0 Å². The number of rotatable bonds is 8. The molecule has 0 N–H and O–H groups in total. The Bertz CT molecular complexity index is 4030. The molecule has 0 saturated carbocycles. The standard InChI is InChI=1S/C60H36N4O2.Pt/c1-3-16-40(17-4-1)46-24-14-25-47(41-18-5-2-6-19-41)59(46)63-39-62(54-29-10-11-30-55(54)63)43-20-13-21-44(36-43)65-45-33-34-50-49-22-7-9-28-53(49)64(56(50)37-45)58-35-32-42(38-61-58)48-26-15-27-52-51-23-8-12-31-57(51)66-60(48)52;/h1-35,38H;/q-2;. The second-order valence-corrected chi connectivity index (χ2v) is 17.5. The van der Waals surface area contributed by atoms with Crippen LogP contribution in [-0.2, 0) is 19.4 Å². The van der Waals surface area contributed by atoms with Crippen LogP contribution in [0.1, 0.15) is 0 Å². The molecule has 0 spiro atoms. The number of furan rings is 1. The molecule has 0 amide bonds. The maximum atomic E-state index is 6.70. The number of pyridine rings is 1. The van der Waals surface area contributed by atoms with Gasteiger partial charge in [-0.15, -0.1) is 0 Å². The molecule has 7 heteroatoms. The molecule has 0 atom stereocenters. The summed E-state index contributed by atoms with van der Waals surface area (Å²) in [5.74, 6) is 1.93. The van der Waals surface area contributed by atoms with Crippen molar-refractivity contribution in [3.05, 3.63) is 234 Å². The molecule has 13 aromatic rings. The fourth-order valence-electron chi connectivity index (χ4n) is 9.61. The molecular formula is C60H36N4O2Pt-2. The van der Waals surface area contributed by atoms with E-state index >= 15 is 0 Å². The van der Waals surface area contributed by atoms with E-state index in [1.54, 1.807) is 0 Å². The van der Waals surface area contributed by atoms with E-state index in [0.29, 0.717) is 11.5 Å². The van der Waals surface area contributed by atoms with Crippen LogP contribution in [0.4, 0.5) is 0 Å². The van der Waals surface area contributed by atoms with Gasteiger partial charge in [-0.25, -0.2) is 0 Å². The second kappa shape index (κ2) is 16.0. The summed E-state index contributed by atoms with van der Waals surface area (Å²) in [6, 6.07) is 80.9. The Morgan fingerprint density at radius 1 is 0.433 bits per heavy atom. The van der Waals surface area contributed by atoms with Crippen LogP contribution in [0, 0.1) is 15.9 Å². The molecule has 6 nitrogen and oxygen atoms in total. The SMILES string of the molecule is [Pt]=[c]1n(-c2[c-]c(Oc3[c-]c4c(cc3)c3ccccc3n4-c3ccc(-c4cccc5c4oc4ccccc45)cn3)ccc2)c2ccccc2n1-c1c(-c2ccccc2)cccc1-c1ccccc1. The van der Waals surface area contributed by atoms with Gasteiger partial charge in [-0.2, -0.15) is 0 Å². The van der Waals surface area contributed by atoms with Crippen LogP contribution < -0.4 is 4.74 Å². The maximum absolute atomic E-state index is 6.70. The third kappa shape index (κ3) is 6.52. The van der Waals surface area contributed by atoms with Crippen LogP contribution in [0.15, 0.2) is 223 Å². The van der Waals surface area contributed by atoms with E-state index in [-0.39, 0.29) is 0 Å². The zero-order valence-corrected chi connectivity index (χ0v) is 38.0. The zero-order chi connectivity index (χ0) is 44.4. The molecule has 0 aliphatic rings. The minimum atomic E-state index is 0.574. The number of ether oxygens (including phenoxy) is 1. The molecule has 0 radical (unpaired) electrons. The van der Waals surface area contributed by atoms with Gasteiger partial charge in [0.25, 0.3) is 0 Å². The quantitative estimate of drug-likeness (QED) is 0.143. The van der Waals surface area contributed by atoms with E-state index in [2.05, 4.69) is 221 Å². The Balaban J connectivity index is 0.898. The summed E-state index contributed by atoms with van der Waals surface area (Å²) in [7, 11) is 0. The Morgan fingerprint density at radius 3 is 1.79 bits per heavy atom. The number of fused-ring (bicyclic) bond motifs is 7. The Hall–Kier alpha value is -8.31. The van der Waals surface area contributed by atoms with Crippen LogP contribution in [-0.4, -0.2) is 18.7 Å². The second-order valence-electron chi connectivity index (χ2n) is 16.5. The molecule has 0 saturated heterocycles. The fraction of sp³-hybridized carbons (Fsp3) is 0. The van der Waals surface area contributed by atoms with Crippen LogP contribution in [0.5, 0.6) is 11.5 Å². The van der Waals surface area contributed by atoms with E-state index in [4.69, 9.17) is 14.1 Å². The van der Waals surface area contributed by atoms with Gasteiger partial charge in [-0.3, -0.25) is 0 Å². The van der Waals surface area contributed by atoms with E-state index in [0.717, 1.165) is 109 Å². The van der Waals surface area contributed by atoms with Crippen molar-refractivity contribution in [1.82, 2.24) is 18.7 Å². The first kappa shape index (κ1) is 39.1. The molecule has 0 aliphatic carbocycles. The molecule has 0 fully saturated rings. The fourth-order valence-corrected chi connectivity index (χ4v) is 10.7. The van der Waals surface area contributed by atoms with Crippen LogP contribution in [0.2, 0.25) is 0 Å². The van der Waals surface area contributed by atoms with E-state index in [9.17, 15) is 0 Å². The minimum absolute atomic E-state index is 0.574. The first-order valence-corrected chi connectivity index (χ1v) is 23.3. The monoisotopic (exact) mass is 1040 g/mol. The van der Waals surface area contributed by atoms with Crippen LogP contribution in [0.25, 0.3) is 105 Å². The number of hydrogen-bond donors (Lipinski definition) is 0. The third-order valence-corrected chi connectivity index (χ3v) is 13.6. The summed E-state index contributed by atoms with van der Waals surface area (Å²) in [4.78, 5) is 5.07. The number of aromatic nitrogens is 4. The van der Waals surface area contributed by atoms with Crippen molar-refractivity contribution >= 4 is 54.8 Å². The summed E-state index contributed by atoms with van der Waals surface area (Å²) in [5.41, 5.74) is 14.3. The molecule has 4 heterocycles. The van der Waals surface area contributed by atoms with Crippen molar-refractivity contribution in [3.8, 4) is 62.1 Å². The topological polar surface area (TPSA) is 50.1 Å². The van der Waals surface area contributed by atoms with Crippen molar-refractivity contribution in [1.29, 1.82) is 0 Å². The Kier molecular flexibility index (Phi) is 9.33. The normalized spacial score (nSPS) is 11.7. The van der Waals surface area contributed by atoms with Gasteiger partial charge in [0.05, 0.1) is 0 Å². The summed E-state index contributed by atoms with van der Waals surface area (Å²) in [5, 5.41) is 4.36. The summed E-state index contributed by atoms with van der Waals surface area (Å²) in [6.45, 7) is 0. The van der Waals surface area contributed by atoms with E-state index in [1.165, 1.54) is 0 Å². The Labute approximate surface area is 396 Å². The molecular weight excluding hydrogens is 1000 g/mol. The van der Waals surface area contributed by atoms with Gasteiger partial charge in [0.2, 0.25) is 0 Å². The van der Waals surface area contributed by atoms with Gasteiger partial charge in [0.15, 0.2) is 0 Å². The van der Waals surface area contributed by atoms with Crippen LogP contribution in [0.3, 0.4) is 0 Å². The van der Waals surface area contributed by atoms with Gasteiger partial charge in [-0.1, -0.05) is 48.5 Å². The van der Waals surface area contributed by atoms with Gasteiger partial charge in [0.1, 0.15) is 11.2 Å². The number of nitrogens with zero attached hydrogens (tertiary/aromatic N) is 4. The predicted molar refractivity (Wildman–Crippen MR) is 266 cm³/mol. The van der Waals surface area contributed by atoms with Gasteiger partial charge < -0.3 is 4.42 Å². The molecule has 0 bridgehead atoms. The average molecular weight is 1040 g/mol. The molecule has 0 unspecified atom stereocenters.